The molecule has 0 saturated heterocycles. The lowest BCUT2D eigenvalue weighted by atomic mass is 9.99. The van der Waals surface area contributed by atoms with Crippen molar-refractivity contribution in [2.75, 3.05) is 0 Å². The van der Waals surface area contributed by atoms with Crippen LogP contribution in [-0.2, 0) is 15.1 Å². The van der Waals surface area contributed by atoms with Crippen LogP contribution < -0.4 is 5.43 Å². The van der Waals surface area contributed by atoms with E-state index in [1.54, 1.807) is 24.3 Å². The maximum Gasteiger partial charge on any atom is 0.318 e. The van der Waals surface area contributed by atoms with E-state index in [-0.39, 0.29) is 5.69 Å². The number of nitrogens with one attached hydrogen (secondary N) is 1. The summed E-state index contributed by atoms with van der Waals surface area (Å²) in [5, 5.41) is 4.31. The summed E-state index contributed by atoms with van der Waals surface area (Å²) >= 11 is 0. The fourth-order valence-electron chi connectivity index (χ4n) is 2.94. The molecule has 2 heterocycles. The van der Waals surface area contributed by atoms with Gasteiger partial charge in [-0.1, -0.05) is 66.7 Å². The van der Waals surface area contributed by atoms with E-state index < -0.39 is 15.1 Å². The van der Waals surface area contributed by atoms with Crippen LogP contribution in [0.25, 0.3) is 0 Å². The van der Waals surface area contributed by atoms with Crippen LogP contribution in [-0.4, -0.2) is 29.4 Å². The minimum Gasteiger partial charge on any atom is -0.282 e. The molecule has 3 aromatic rings. The molecule has 7 nitrogen and oxygen atoms in total. The van der Waals surface area contributed by atoms with Gasteiger partial charge in [-0.05, 0) is 12.1 Å². The molecule has 1 atom stereocenters. The lowest BCUT2D eigenvalue weighted by Crippen LogP contribution is -2.50. The Morgan fingerprint density at radius 3 is 1.89 bits per heavy atom. The number of benzene rings is 2. The quantitative estimate of drug-likeness (QED) is 0.664. The van der Waals surface area contributed by atoms with Gasteiger partial charge in [0.1, 0.15) is 11.4 Å². The predicted molar refractivity (Wildman–Crippen MR) is 107 cm³/mol. The summed E-state index contributed by atoms with van der Waals surface area (Å²) in [5.41, 5.74) is 4.76. The fourth-order valence-corrected chi connectivity index (χ4v) is 3.69. The van der Waals surface area contributed by atoms with Crippen molar-refractivity contribution in [3.8, 4) is 0 Å². The second-order valence-electron chi connectivity index (χ2n) is 6.10. The summed E-state index contributed by atoms with van der Waals surface area (Å²) in [6, 6.07) is 23.1. The molecule has 0 aliphatic carbocycles. The van der Waals surface area contributed by atoms with Crippen LogP contribution in [0.15, 0.2) is 95.2 Å². The molecule has 0 bridgehead atoms. The van der Waals surface area contributed by atoms with Crippen LogP contribution >= 0.6 is 0 Å². The van der Waals surface area contributed by atoms with Gasteiger partial charge in [-0.2, -0.15) is 13.5 Å². The first-order valence-corrected chi connectivity index (χ1v) is 9.90. The van der Waals surface area contributed by atoms with Crippen LogP contribution in [0.2, 0.25) is 0 Å². The molecule has 0 saturated carbocycles. The van der Waals surface area contributed by atoms with Crippen molar-refractivity contribution >= 4 is 21.5 Å². The third-order valence-electron chi connectivity index (χ3n) is 4.29. The molecule has 1 aromatic heterocycles. The van der Waals surface area contributed by atoms with Crippen LogP contribution in [0, 0.1) is 0 Å². The van der Waals surface area contributed by atoms with Gasteiger partial charge in [-0.15, -0.1) is 0 Å². The first-order chi connectivity index (χ1) is 13.5. The number of hydrogen-bond donors (Lipinski definition) is 2. The number of hydrazone groups is 1. The maximum absolute atomic E-state index is 12.4. The average Bonchev–Trinajstić information content (AvgIpc) is 2.74. The minimum absolute atomic E-state index is 0.0155. The van der Waals surface area contributed by atoms with E-state index in [2.05, 4.69) is 20.5 Å². The average molecular weight is 392 g/mol. The zero-order valence-corrected chi connectivity index (χ0v) is 15.4. The summed E-state index contributed by atoms with van der Waals surface area (Å²) in [6.07, 6.45) is 1.43. The number of aliphatic imine (C=N–C) groups is 1. The van der Waals surface area contributed by atoms with Crippen LogP contribution in [0.3, 0.4) is 0 Å². The lowest BCUT2D eigenvalue weighted by Gasteiger charge is -2.30. The van der Waals surface area contributed by atoms with Gasteiger partial charge in [0, 0.05) is 17.3 Å². The van der Waals surface area contributed by atoms with E-state index in [4.69, 9.17) is 0 Å². The van der Waals surface area contributed by atoms with Gasteiger partial charge in [0.15, 0.2) is 0 Å². The Hall–Kier alpha value is -3.36. The van der Waals surface area contributed by atoms with Gasteiger partial charge in [0.2, 0.25) is 0 Å². The zero-order valence-electron chi connectivity index (χ0n) is 14.6. The molecule has 2 N–H and O–H groups in total. The smallest absolute Gasteiger partial charge is 0.282 e. The Labute approximate surface area is 162 Å². The van der Waals surface area contributed by atoms with Gasteiger partial charge in [-0.25, -0.2) is 4.99 Å². The normalized spacial score (nSPS) is 19.3. The highest BCUT2D eigenvalue weighted by Gasteiger charge is 2.49. The van der Waals surface area contributed by atoms with E-state index in [1.165, 1.54) is 12.3 Å². The van der Waals surface area contributed by atoms with Crippen molar-refractivity contribution in [3.05, 3.63) is 102 Å². The number of nitrogens with zero attached hydrogens (tertiary/aromatic N) is 3. The van der Waals surface area contributed by atoms with E-state index in [0.717, 1.165) is 5.56 Å². The lowest BCUT2D eigenvalue weighted by molar-refractivity contribution is 0.385. The Kier molecular flexibility index (Phi) is 4.50. The van der Waals surface area contributed by atoms with Crippen LogP contribution in [0.5, 0.6) is 0 Å². The second-order valence-corrected chi connectivity index (χ2v) is 7.64. The molecule has 1 aliphatic rings. The number of pyridine rings is 1. The van der Waals surface area contributed by atoms with Gasteiger partial charge in [0.05, 0.1) is 5.71 Å². The first kappa shape index (κ1) is 18.0. The molecular formula is C20H16N4O3S. The van der Waals surface area contributed by atoms with Crippen molar-refractivity contribution in [3.63, 3.8) is 0 Å². The molecular weight excluding hydrogens is 376 g/mol. The summed E-state index contributed by atoms with van der Waals surface area (Å²) in [6.45, 7) is 0. The SMILES string of the molecule is O=S(=O)(O)C1(c2ccccn2)N=C(c2ccccc2)C(c2ccccc2)=NN1. The third-order valence-corrected chi connectivity index (χ3v) is 5.43. The molecule has 0 amide bonds. The molecule has 28 heavy (non-hydrogen) atoms. The molecule has 1 unspecified atom stereocenters. The van der Waals surface area contributed by atoms with Crippen molar-refractivity contribution in [2.45, 2.75) is 4.99 Å². The predicted octanol–water partition coefficient (Wildman–Crippen LogP) is 2.58. The minimum atomic E-state index is -4.76. The van der Waals surface area contributed by atoms with E-state index >= 15 is 0 Å². The molecule has 0 radical (unpaired) electrons. The third kappa shape index (κ3) is 3.08. The Balaban J connectivity index is 1.98. The number of hydrogen-bond acceptors (Lipinski definition) is 6. The molecule has 1 aliphatic heterocycles. The Morgan fingerprint density at radius 2 is 1.36 bits per heavy atom. The summed E-state index contributed by atoms with van der Waals surface area (Å²) in [5.74, 6) is 0. The van der Waals surface area contributed by atoms with Crippen molar-refractivity contribution in [1.82, 2.24) is 10.4 Å². The highest BCUT2D eigenvalue weighted by atomic mass is 32.2. The van der Waals surface area contributed by atoms with Gasteiger partial charge >= 0.3 is 15.1 Å². The molecule has 140 valence electrons. The number of aromatic nitrogens is 1. The van der Waals surface area contributed by atoms with Crippen molar-refractivity contribution < 1.29 is 13.0 Å². The van der Waals surface area contributed by atoms with Gasteiger partial charge in [-0.3, -0.25) is 15.0 Å². The zero-order chi connectivity index (χ0) is 19.6. The van der Waals surface area contributed by atoms with E-state index in [0.29, 0.717) is 17.0 Å². The van der Waals surface area contributed by atoms with Crippen LogP contribution in [0.1, 0.15) is 16.8 Å². The first-order valence-electron chi connectivity index (χ1n) is 8.46. The van der Waals surface area contributed by atoms with Gasteiger partial charge < -0.3 is 0 Å². The maximum atomic E-state index is 12.4. The second kappa shape index (κ2) is 6.99. The van der Waals surface area contributed by atoms with Gasteiger partial charge in [0.25, 0.3) is 0 Å². The standard InChI is InChI=1S/C20H16N4O3S/c25-28(26,27)20(17-13-7-8-14-21-17)22-18(15-9-3-1-4-10-15)19(23-24-20)16-11-5-2-6-12-16/h1-14,24H,(H,25,26,27). The van der Waals surface area contributed by atoms with Crippen molar-refractivity contribution in [2.24, 2.45) is 10.1 Å². The summed E-state index contributed by atoms with van der Waals surface area (Å²) in [7, 11) is -4.76. The van der Waals surface area contributed by atoms with Crippen LogP contribution in [0.4, 0.5) is 0 Å². The number of rotatable bonds is 4. The molecule has 0 fully saturated rings. The Bertz CT molecular complexity index is 1150. The highest BCUT2D eigenvalue weighted by Crippen LogP contribution is 2.31. The molecule has 0 spiro atoms. The Morgan fingerprint density at radius 1 is 0.786 bits per heavy atom. The van der Waals surface area contributed by atoms with E-state index in [9.17, 15) is 13.0 Å². The summed E-state index contributed by atoms with van der Waals surface area (Å²) in [4.78, 5) is 6.31. The molecule has 8 heteroatoms. The summed E-state index contributed by atoms with van der Waals surface area (Å²) < 4.78 is 34.9. The molecule has 4 rings (SSSR count). The van der Waals surface area contributed by atoms with Crippen molar-refractivity contribution in [1.29, 1.82) is 0 Å². The monoisotopic (exact) mass is 392 g/mol. The molecule has 2 aromatic carbocycles. The van der Waals surface area contributed by atoms with E-state index in [1.807, 2.05) is 48.5 Å². The fraction of sp³-hybridized carbons (Fsp3) is 0.0500. The highest BCUT2D eigenvalue weighted by molar-refractivity contribution is 7.86. The largest absolute Gasteiger partial charge is 0.318 e. The topological polar surface area (TPSA) is 104 Å².